The van der Waals surface area contributed by atoms with Gasteiger partial charge in [0, 0.05) is 30.5 Å². The van der Waals surface area contributed by atoms with Crippen molar-refractivity contribution in [1.82, 2.24) is 4.98 Å². The summed E-state index contributed by atoms with van der Waals surface area (Å²) < 4.78 is 0. The van der Waals surface area contributed by atoms with Crippen molar-refractivity contribution in [3.8, 4) is 0 Å². The first-order chi connectivity index (χ1) is 6.88. The topological polar surface area (TPSA) is 37.0 Å². The van der Waals surface area contributed by atoms with Gasteiger partial charge >= 0.3 is 0 Å². The molecule has 3 heteroatoms. The highest BCUT2D eigenvalue weighted by atomic mass is 15.0. The zero-order chi connectivity index (χ0) is 9.80. The molecule has 76 valence electrons. The third-order valence-electron chi connectivity index (χ3n) is 2.59. The highest BCUT2D eigenvalue weighted by Crippen LogP contribution is 2.23. The molecule has 0 aromatic carbocycles. The Morgan fingerprint density at radius 3 is 3.00 bits per heavy atom. The van der Waals surface area contributed by atoms with Gasteiger partial charge in [0.15, 0.2) is 0 Å². The number of nitrogens with one attached hydrogen (secondary N) is 2. The number of pyridine rings is 1. The van der Waals surface area contributed by atoms with E-state index >= 15 is 0 Å². The van der Waals surface area contributed by atoms with E-state index in [0.29, 0.717) is 6.04 Å². The summed E-state index contributed by atoms with van der Waals surface area (Å²) in [5.41, 5.74) is 1.18. The number of nitrogens with zero attached hydrogens (tertiary/aromatic N) is 1. The minimum absolute atomic E-state index is 0.687. The van der Waals surface area contributed by atoms with Crippen molar-refractivity contribution in [3.63, 3.8) is 0 Å². The highest BCUT2D eigenvalue weighted by Gasteiger charge is 2.16. The maximum atomic E-state index is 4.23. The predicted octanol–water partition coefficient (Wildman–Crippen LogP) is 2.48. The molecule has 2 N–H and O–H groups in total. The van der Waals surface area contributed by atoms with Crippen LogP contribution in [0.1, 0.15) is 26.2 Å². The lowest BCUT2D eigenvalue weighted by atomic mass is 9.93. The van der Waals surface area contributed by atoms with Gasteiger partial charge in [0.25, 0.3) is 0 Å². The van der Waals surface area contributed by atoms with E-state index in [1.807, 2.05) is 12.3 Å². The molecule has 0 spiro atoms. The summed E-state index contributed by atoms with van der Waals surface area (Å²) >= 11 is 0. The second-order valence-electron chi connectivity index (χ2n) is 3.73. The Balaban J connectivity index is 1.97. The van der Waals surface area contributed by atoms with Gasteiger partial charge in [-0.05, 0) is 32.3 Å². The van der Waals surface area contributed by atoms with Crippen molar-refractivity contribution >= 4 is 11.5 Å². The molecule has 0 radical (unpaired) electrons. The zero-order valence-electron chi connectivity index (χ0n) is 8.59. The number of anilines is 2. The summed E-state index contributed by atoms with van der Waals surface area (Å²) in [5.74, 6) is 0.955. The first kappa shape index (κ1) is 9.31. The quantitative estimate of drug-likeness (QED) is 0.767. The van der Waals surface area contributed by atoms with Crippen molar-refractivity contribution in [1.29, 1.82) is 0 Å². The van der Waals surface area contributed by atoms with E-state index in [9.17, 15) is 0 Å². The number of hydrogen-bond acceptors (Lipinski definition) is 3. The SMILES string of the molecule is CCNc1cc(NC2CCC2)ccn1. The van der Waals surface area contributed by atoms with Crippen LogP contribution in [-0.4, -0.2) is 17.6 Å². The molecule has 1 fully saturated rings. The molecule has 0 aliphatic heterocycles. The van der Waals surface area contributed by atoms with Gasteiger partial charge in [-0.3, -0.25) is 0 Å². The highest BCUT2D eigenvalue weighted by molar-refractivity contribution is 5.52. The maximum Gasteiger partial charge on any atom is 0.127 e. The van der Waals surface area contributed by atoms with Crippen LogP contribution in [0.2, 0.25) is 0 Å². The molecule has 0 saturated heterocycles. The second kappa shape index (κ2) is 4.31. The van der Waals surface area contributed by atoms with Crippen LogP contribution in [-0.2, 0) is 0 Å². The van der Waals surface area contributed by atoms with E-state index in [2.05, 4.69) is 28.6 Å². The summed E-state index contributed by atoms with van der Waals surface area (Å²) in [6.07, 6.45) is 5.82. The van der Waals surface area contributed by atoms with Crippen molar-refractivity contribution in [2.75, 3.05) is 17.2 Å². The Kier molecular flexibility index (Phi) is 2.87. The molecule has 0 unspecified atom stereocenters. The Bertz CT molecular complexity index is 294. The Hall–Kier alpha value is -1.25. The van der Waals surface area contributed by atoms with Gasteiger partial charge in [0.05, 0.1) is 0 Å². The monoisotopic (exact) mass is 191 g/mol. The molecule has 3 nitrogen and oxygen atoms in total. The summed E-state index contributed by atoms with van der Waals surface area (Å²) in [5, 5.41) is 6.70. The summed E-state index contributed by atoms with van der Waals surface area (Å²) in [7, 11) is 0. The third kappa shape index (κ3) is 2.16. The number of hydrogen-bond donors (Lipinski definition) is 2. The molecular formula is C11H17N3. The lowest BCUT2D eigenvalue weighted by Crippen LogP contribution is -2.26. The van der Waals surface area contributed by atoms with Crippen LogP contribution in [0.15, 0.2) is 18.3 Å². The predicted molar refractivity (Wildman–Crippen MR) is 59.7 cm³/mol. The number of aromatic nitrogens is 1. The van der Waals surface area contributed by atoms with E-state index in [-0.39, 0.29) is 0 Å². The van der Waals surface area contributed by atoms with Crippen molar-refractivity contribution < 1.29 is 0 Å². The van der Waals surface area contributed by atoms with Crippen molar-refractivity contribution in [3.05, 3.63) is 18.3 Å². The molecule has 2 rings (SSSR count). The minimum atomic E-state index is 0.687. The van der Waals surface area contributed by atoms with E-state index < -0.39 is 0 Å². The van der Waals surface area contributed by atoms with E-state index in [0.717, 1.165) is 12.4 Å². The summed E-state index contributed by atoms with van der Waals surface area (Å²) in [6, 6.07) is 4.79. The van der Waals surface area contributed by atoms with Crippen LogP contribution in [0.5, 0.6) is 0 Å². The summed E-state index contributed by atoms with van der Waals surface area (Å²) in [6.45, 7) is 2.99. The minimum Gasteiger partial charge on any atom is -0.382 e. The first-order valence-corrected chi connectivity index (χ1v) is 5.35. The van der Waals surface area contributed by atoms with Gasteiger partial charge in [0.1, 0.15) is 5.82 Å². The van der Waals surface area contributed by atoms with Crippen molar-refractivity contribution in [2.45, 2.75) is 32.2 Å². The molecule has 1 aromatic heterocycles. The molecule has 1 aliphatic rings. The third-order valence-corrected chi connectivity index (χ3v) is 2.59. The second-order valence-corrected chi connectivity index (χ2v) is 3.73. The normalized spacial score (nSPS) is 16.1. The van der Waals surface area contributed by atoms with Crippen LogP contribution in [0.25, 0.3) is 0 Å². The van der Waals surface area contributed by atoms with E-state index in [1.54, 1.807) is 0 Å². The Labute approximate surface area is 84.9 Å². The molecule has 0 amide bonds. The Morgan fingerprint density at radius 2 is 2.36 bits per heavy atom. The molecule has 1 saturated carbocycles. The fraction of sp³-hybridized carbons (Fsp3) is 0.545. The van der Waals surface area contributed by atoms with E-state index in [4.69, 9.17) is 0 Å². The first-order valence-electron chi connectivity index (χ1n) is 5.35. The standard InChI is InChI=1S/C11H17N3/c1-2-12-11-8-10(6-7-13-11)14-9-4-3-5-9/h6-9H,2-5H2,1H3,(H2,12,13,14). The zero-order valence-corrected chi connectivity index (χ0v) is 8.59. The summed E-state index contributed by atoms with van der Waals surface area (Å²) in [4.78, 5) is 4.23. The average Bonchev–Trinajstić information content (AvgIpc) is 2.13. The lowest BCUT2D eigenvalue weighted by Gasteiger charge is -2.27. The van der Waals surface area contributed by atoms with Crippen LogP contribution in [0, 0.1) is 0 Å². The molecule has 1 heterocycles. The van der Waals surface area contributed by atoms with Gasteiger partial charge in [0.2, 0.25) is 0 Å². The molecule has 14 heavy (non-hydrogen) atoms. The van der Waals surface area contributed by atoms with E-state index in [1.165, 1.54) is 24.9 Å². The van der Waals surface area contributed by atoms with Crippen LogP contribution in [0.4, 0.5) is 11.5 Å². The number of rotatable bonds is 4. The average molecular weight is 191 g/mol. The van der Waals surface area contributed by atoms with Crippen LogP contribution >= 0.6 is 0 Å². The van der Waals surface area contributed by atoms with Gasteiger partial charge in [-0.1, -0.05) is 0 Å². The Morgan fingerprint density at radius 1 is 1.50 bits per heavy atom. The van der Waals surface area contributed by atoms with Crippen molar-refractivity contribution in [2.24, 2.45) is 0 Å². The molecule has 1 aliphatic carbocycles. The molecule has 0 bridgehead atoms. The van der Waals surface area contributed by atoms with Gasteiger partial charge in [-0.2, -0.15) is 0 Å². The fourth-order valence-electron chi connectivity index (χ4n) is 1.59. The lowest BCUT2D eigenvalue weighted by molar-refractivity contribution is 0.445. The largest absolute Gasteiger partial charge is 0.382 e. The molecule has 1 aromatic rings. The van der Waals surface area contributed by atoms with Gasteiger partial charge in [-0.25, -0.2) is 4.98 Å². The fourth-order valence-corrected chi connectivity index (χ4v) is 1.59. The maximum absolute atomic E-state index is 4.23. The van der Waals surface area contributed by atoms with Gasteiger partial charge < -0.3 is 10.6 Å². The van der Waals surface area contributed by atoms with Crippen LogP contribution in [0.3, 0.4) is 0 Å². The molecule has 0 atom stereocenters. The smallest absolute Gasteiger partial charge is 0.127 e. The van der Waals surface area contributed by atoms with Crippen LogP contribution < -0.4 is 10.6 Å². The van der Waals surface area contributed by atoms with Gasteiger partial charge in [-0.15, -0.1) is 0 Å². The molecular weight excluding hydrogens is 174 g/mol.